The lowest BCUT2D eigenvalue weighted by molar-refractivity contribution is -0.0225. The molecule has 2 aromatic rings. The van der Waals surface area contributed by atoms with Gasteiger partial charge >= 0.3 is 0 Å². The van der Waals surface area contributed by atoms with Gasteiger partial charge in [0.1, 0.15) is 18.1 Å². The highest BCUT2D eigenvalue weighted by Gasteiger charge is 2.46. The zero-order chi connectivity index (χ0) is 20.6. The van der Waals surface area contributed by atoms with E-state index in [0.29, 0.717) is 44.7 Å². The number of hydrogen-bond donors (Lipinski definition) is 1. The molecular weight excluding hydrogens is 393 g/mol. The Morgan fingerprint density at radius 2 is 1.69 bits per heavy atom. The van der Waals surface area contributed by atoms with Gasteiger partial charge in [-0.05, 0) is 36.8 Å². The summed E-state index contributed by atoms with van der Waals surface area (Å²) in [5.74, 6) is -0.267. The van der Waals surface area contributed by atoms with Gasteiger partial charge in [0.25, 0.3) is 0 Å². The van der Waals surface area contributed by atoms with E-state index in [2.05, 4.69) is 4.90 Å². The molecule has 2 heterocycles. The summed E-state index contributed by atoms with van der Waals surface area (Å²) in [4.78, 5) is 4.40. The first-order valence-electron chi connectivity index (χ1n) is 9.97. The largest absolute Gasteiger partial charge is 0.385 e. The Kier molecular flexibility index (Phi) is 5.61. The van der Waals surface area contributed by atoms with Crippen LogP contribution in [0.2, 0.25) is 0 Å². The molecule has 0 spiro atoms. The number of nitrogens with zero attached hydrogens (tertiary/aromatic N) is 3. The van der Waals surface area contributed by atoms with E-state index in [-0.39, 0.29) is 10.7 Å². The van der Waals surface area contributed by atoms with Crippen molar-refractivity contribution in [3.8, 4) is 0 Å². The van der Waals surface area contributed by atoms with Crippen LogP contribution in [0.15, 0.2) is 53.4 Å². The zero-order valence-electron chi connectivity index (χ0n) is 16.4. The molecule has 0 saturated carbocycles. The Labute approximate surface area is 171 Å². The first kappa shape index (κ1) is 20.3. The van der Waals surface area contributed by atoms with Crippen LogP contribution < -0.4 is 4.90 Å². The summed E-state index contributed by atoms with van der Waals surface area (Å²) in [5.41, 5.74) is 1.41. The smallest absolute Gasteiger partial charge is 0.244 e. The minimum absolute atomic E-state index is 0.196. The number of piperazine rings is 1. The molecule has 2 aliphatic rings. The average Bonchev–Trinajstić information content (AvgIpc) is 2.73. The fourth-order valence-corrected chi connectivity index (χ4v) is 6.24. The zero-order valence-corrected chi connectivity index (χ0v) is 17.2. The van der Waals surface area contributed by atoms with E-state index in [4.69, 9.17) is 0 Å². The maximum absolute atomic E-state index is 13.3. The fraction of sp³-hybridized carbons (Fsp3) is 0.429. The average molecular weight is 420 g/mol. The van der Waals surface area contributed by atoms with Gasteiger partial charge in [-0.25, -0.2) is 12.8 Å². The molecule has 6 nitrogen and oxygen atoms in total. The number of hydrogen-bond acceptors (Lipinski definition) is 5. The summed E-state index contributed by atoms with van der Waals surface area (Å²) >= 11 is 0. The van der Waals surface area contributed by atoms with E-state index in [9.17, 15) is 17.9 Å². The Morgan fingerprint density at radius 3 is 2.34 bits per heavy atom. The predicted octanol–water partition coefficient (Wildman–Crippen LogP) is 2.42. The molecule has 0 aromatic heterocycles. The molecule has 1 N–H and O–H groups in total. The van der Waals surface area contributed by atoms with E-state index in [1.54, 1.807) is 36.4 Å². The molecule has 2 aromatic carbocycles. The Bertz CT molecular complexity index is 959. The summed E-state index contributed by atoms with van der Waals surface area (Å²) in [6, 6.07) is 13.1. The van der Waals surface area contributed by atoms with Gasteiger partial charge < -0.3 is 10.0 Å². The highest BCUT2D eigenvalue weighted by atomic mass is 32.2. The van der Waals surface area contributed by atoms with Crippen LogP contribution in [0.5, 0.6) is 0 Å². The van der Waals surface area contributed by atoms with Crippen molar-refractivity contribution in [2.75, 3.05) is 37.6 Å². The topological polar surface area (TPSA) is 64.1 Å². The Balaban J connectivity index is 1.59. The van der Waals surface area contributed by atoms with Gasteiger partial charge in [0.15, 0.2) is 0 Å². The molecule has 2 unspecified atom stereocenters. The lowest BCUT2D eigenvalue weighted by Gasteiger charge is -2.47. The van der Waals surface area contributed by atoms with E-state index in [0.717, 1.165) is 5.69 Å². The standard InChI is InChI=1S/C21H26FN3O3S/c1-2-11-25-21(20(26)18-5-3-4-6-19(18)29(25,27)28)24-14-12-23(13-15-24)17-9-7-16(22)8-10-17/h3-10,20-21,26H,2,11-15H2,1H3. The van der Waals surface area contributed by atoms with Crippen LogP contribution in [0.1, 0.15) is 25.0 Å². The number of aliphatic hydroxyl groups excluding tert-OH is 1. The van der Waals surface area contributed by atoms with Gasteiger partial charge in [-0.3, -0.25) is 4.90 Å². The molecule has 0 aliphatic carbocycles. The normalized spacial score (nSPS) is 25.0. The molecule has 0 bridgehead atoms. The number of fused-ring (bicyclic) bond motifs is 1. The molecule has 1 fully saturated rings. The quantitative estimate of drug-likeness (QED) is 0.825. The van der Waals surface area contributed by atoms with Crippen molar-refractivity contribution in [2.24, 2.45) is 0 Å². The van der Waals surface area contributed by atoms with E-state index in [1.165, 1.54) is 16.4 Å². The van der Waals surface area contributed by atoms with Crippen molar-refractivity contribution in [3.63, 3.8) is 0 Å². The van der Waals surface area contributed by atoms with Crippen LogP contribution in [-0.4, -0.2) is 61.6 Å². The maximum Gasteiger partial charge on any atom is 0.244 e. The second-order valence-corrected chi connectivity index (χ2v) is 9.37. The van der Waals surface area contributed by atoms with Crippen molar-refractivity contribution in [2.45, 2.75) is 30.5 Å². The highest BCUT2D eigenvalue weighted by Crippen LogP contribution is 2.38. The van der Waals surface area contributed by atoms with Gasteiger partial charge in [0.2, 0.25) is 10.0 Å². The molecule has 4 rings (SSSR count). The van der Waals surface area contributed by atoms with Crippen molar-refractivity contribution < 1.29 is 17.9 Å². The van der Waals surface area contributed by atoms with Crippen molar-refractivity contribution in [1.29, 1.82) is 0 Å². The predicted molar refractivity (Wildman–Crippen MR) is 110 cm³/mol. The van der Waals surface area contributed by atoms with Crippen LogP contribution in [0.4, 0.5) is 10.1 Å². The van der Waals surface area contributed by atoms with Crippen LogP contribution in [0, 0.1) is 5.82 Å². The van der Waals surface area contributed by atoms with Crippen molar-refractivity contribution in [3.05, 3.63) is 59.9 Å². The number of benzene rings is 2. The third-order valence-corrected chi connectivity index (χ3v) is 7.67. The van der Waals surface area contributed by atoms with Gasteiger partial charge in [-0.2, -0.15) is 4.31 Å². The van der Waals surface area contributed by atoms with E-state index in [1.807, 2.05) is 11.8 Å². The van der Waals surface area contributed by atoms with Gasteiger partial charge in [-0.15, -0.1) is 0 Å². The SMILES string of the molecule is CCCN1C(N2CCN(c3ccc(F)cc3)CC2)C(O)c2ccccc2S1(=O)=O. The number of rotatable bonds is 4. The third kappa shape index (κ3) is 3.66. The molecular formula is C21H26FN3O3S. The third-order valence-electron chi connectivity index (χ3n) is 5.73. The lowest BCUT2D eigenvalue weighted by atomic mass is 10.0. The Hall–Kier alpha value is -2.00. The minimum atomic E-state index is -3.67. The molecule has 8 heteroatoms. The molecule has 0 radical (unpaired) electrons. The number of sulfonamides is 1. The number of aliphatic hydroxyl groups is 1. The fourth-order valence-electron chi connectivity index (χ4n) is 4.30. The van der Waals surface area contributed by atoms with Crippen LogP contribution in [0.25, 0.3) is 0 Å². The molecule has 29 heavy (non-hydrogen) atoms. The van der Waals surface area contributed by atoms with Gasteiger partial charge in [0, 0.05) is 44.0 Å². The maximum atomic E-state index is 13.3. The van der Waals surface area contributed by atoms with Crippen molar-refractivity contribution in [1.82, 2.24) is 9.21 Å². The molecule has 2 aliphatic heterocycles. The summed E-state index contributed by atoms with van der Waals surface area (Å²) in [5, 5.41) is 11.1. The Morgan fingerprint density at radius 1 is 1.03 bits per heavy atom. The van der Waals surface area contributed by atoms with E-state index < -0.39 is 22.3 Å². The molecule has 156 valence electrons. The second-order valence-electron chi connectivity index (χ2n) is 7.51. The summed E-state index contributed by atoms with van der Waals surface area (Å²) in [6.07, 6.45) is -0.857. The first-order valence-corrected chi connectivity index (χ1v) is 11.4. The lowest BCUT2D eigenvalue weighted by Crippen LogP contribution is -2.61. The molecule has 2 atom stereocenters. The van der Waals surface area contributed by atoms with Gasteiger partial charge in [0.05, 0.1) is 4.90 Å². The minimum Gasteiger partial charge on any atom is -0.385 e. The summed E-state index contributed by atoms with van der Waals surface area (Å²) in [6.45, 7) is 4.86. The van der Waals surface area contributed by atoms with Gasteiger partial charge in [-0.1, -0.05) is 25.1 Å². The molecule has 1 saturated heterocycles. The summed E-state index contributed by atoms with van der Waals surface area (Å²) < 4.78 is 41.2. The summed E-state index contributed by atoms with van der Waals surface area (Å²) in [7, 11) is -3.67. The highest BCUT2D eigenvalue weighted by molar-refractivity contribution is 7.89. The van der Waals surface area contributed by atoms with Crippen molar-refractivity contribution >= 4 is 15.7 Å². The molecule has 0 amide bonds. The number of halogens is 1. The second kappa shape index (κ2) is 8.02. The van der Waals surface area contributed by atoms with Crippen LogP contribution in [0.3, 0.4) is 0 Å². The number of anilines is 1. The van der Waals surface area contributed by atoms with Crippen LogP contribution >= 0.6 is 0 Å². The first-order chi connectivity index (χ1) is 13.9. The monoisotopic (exact) mass is 419 g/mol. The van der Waals surface area contributed by atoms with Crippen LogP contribution in [-0.2, 0) is 10.0 Å². The van der Waals surface area contributed by atoms with E-state index >= 15 is 0 Å².